The van der Waals surface area contributed by atoms with Crippen LogP contribution in [0.4, 0.5) is 0 Å². The molecule has 1 unspecified atom stereocenters. The van der Waals surface area contributed by atoms with Crippen LogP contribution in [0, 0.1) is 6.92 Å². The SMILES string of the molecule is Cc1ccc(Cl)c(CN2CCC(N(C)C)C2)c1. The summed E-state index contributed by atoms with van der Waals surface area (Å²) in [5.41, 5.74) is 2.54. The molecule has 1 heterocycles. The van der Waals surface area contributed by atoms with Gasteiger partial charge >= 0.3 is 0 Å². The molecule has 1 atom stereocenters. The molecular formula is C14H21ClN2. The molecule has 1 saturated heterocycles. The average Bonchev–Trinajstić information content (AvgIpc) is 2.72. The van der Waals surface area contributed by atoms with E-state index in [0.717, 1.165) is 18.1 Å². The van der Waals surface area contributed by atoms with Gasteiger partial charge in [-0.05, 0) is 39.1 Å². The Bertz CT molecular complexity index is 390. The highest BCUT2D eigenvalue weighted by Crippen LogP contribution is 2.22. The molecule has 17 heavy (non-hydrogen) atoms. The minimum atomic E-state index is 0.693. The second-order valence-electron chi connectivity index (χ2n) is 5.24. The van der Waals surface area contributed by atoms with E-state index in [-0.39, 0.29) is 0 Å². The molecule has 1 aliphatic rings. The highest BCUT2D eigenvalue weighted by molar-refractivity contribution is 6.31. The van der Waals surface area contributed by atoms with Gasteiger partial charge in [-0.15, -0.1) is 0 Å². The zero-order valence-electron chi connectivity index (χ0n) is 10.9. The fourth-order valence-electron chi connectivity index (χ4n) is 2.44. The summed E-state index contributed by atoms with van der Waals surface area (Å²) in [7, 11) is 4.32. The maximum absolute atomic E-state index is 6.24. The van der Waals surface area contributed by atoms with Crippen molar-refractivity contribution in [2.45, 2.75) is 25.9 Å². The minimum absolute atomic E-state index is 0.693. The van der Waals surface area contributed by atoms with Gasteiger partial charge in [0.15, 0.2) is 0 Å². The van der Waals surface area contributed by atoms with E-state index < -0.39 is 0 Å². The van der Waals surface area contributed by atoms with E-state index in [2.05, 4.69) is 43.0 Å². The molecule has 0 spiro atoms. The van der Waals surface area contributed by atoms with Gasteiger partial charge in [0.25, 0.3) is 0 Å². The predicted octanol–water partition coefficient (Wildman–Crippen LogP) is 2.78. The highest BCUT2D eigenvalue weighted by atomic mass is 35.5. The fraction of sp³-hybridized carbons (Fsp3) is 0.571. The number of likely N-dealkylation sites (N-methyl/N-ethyl adjacent to an activating group) is 1. The van der Waals surface area contributed by atoms with Gasteiger partial charge in [0, 0.05) is 30.7 Å². The van der Waals surface area contributed by atoms with Crippen LogP contribution in [0.3, 0.4) is 0 Å². The number of benzene rings is 1. The van der Waals surface area contributed by atoms with Gasteiger partial charge in [0.1, 0.15) is 0 Å². The lowest BCUT2D eigenvalue weighted by Crippen LogP contribution is -2.31. The first-order valence-corrected chi connectivity index (χ1v) is 6.58. The van der Waals surface area contributed by atoms with E-state index in [1.54, 1.807) is 0 Å². The second-order valence-corrected chi connectivity index (χ2v) is 5.64. The summed E-state index contributed by atoms with van der Waals surface area (Å²) in [6.07, 6.45) is 1.26. The van der Waals surface area contributed by atoms with Crippen LogP contribution in [-0.2, 0) is 6.54 Å². The molecule has 2 rings (SSSR count). The molecule has 1 aromatic carbocycles. The van der Waals surface area contributed by atoms with E-state index in [1.807, 2.05) is 6.07 Å². The lowest BCUT2D eigenvalue weighted by atomic mass is 10.1. The van der Waals surface area contributed by atoms with Crippen molar-refractivity contribution in [3.63, 3.8) is 0 Å². The van der Waals surface area contributed by atoms with Gasteiger partial charge in [0.2, 0.25) is 0 Å². The third kappa shape index (κ3) is 3.21. The molecule has 1 fully saturated rings. The summed E-state index contributed by atoms with van der Waals surface area (Å²) in [4.78, 5) is 4.81. The molecule has 0 amide bonds. The normalized spacial score (nSPS) is 21.4. The van der Waals surface area contributed by atoms with Crippen molar-refractivity contribution in [1.82, 2.24) is 9.80 Å². The molecule has 0 aromatic heterocycles. The first-order valence-electron chi connectivity index (χ1n) is 6.20. The van der Waals surface area contributed by atoms with Crippen LogP contribution >= 0.6 is 11.6 Å². The molecule has 0 N–H and O–H groups in total. The van der Waals surface area contributed by atoms with Crippen molar-refractivity contribution in [2.24, 2.45) is 0 Å². The zero-order valence-corrected chi connectivity index (χ0v) is 11.7. The van der Waals surface area contributed by atoms with Crippen LogP contribution in [-0.4, -0.2) is 43.0 Å². The van der Waals surface area contributed by atoms with Crippen molar-refractivity contribution in [1.29, 1.82) is 0 Å². The topological polar surface area (TPSA) is 6.48 Å². The van der Waals surface area contributed by atoms with Crippen molar-refractivity contribution < 1.29 is 0 Å². The van der Waals surface area contributed by atoms with E-state index in [4.69, 9.17) is 11.6 Å². The minimum Gasteiger partial charge on any atom is -0.305 e. The zero-order chi connectivity index (χ0) is 12.4. The van der Waals surface area contributed by atoms with Crippen LogP contribution in [0.2, 0.25) is 5.02 Å². The lowest BCUT2D eigenvalue weighted by molar-refractivity contribution is 0.264. The first-order chi connectivity index (χ1) is 8.06. The fourth-order valence-corrected chi connectivity index (χ4v) is 2.62. The number of aryl methyl sites for hydroxylation is 1. The molecule has 3 heteroatoms. The van der Waals surface area contributed by atoms with Crippen molar-refractivity contribution in [2.75, 3.05) is 27.2 Å². The molecular weight excluding hydrogens is 232 g/mol. The Kier molecular flexibility index (Phi) is 4.08. The molecule has 94 valence electrons. The molecule has 1 aromatic rings. The summed E-state index contributed by atoms with van der Waals surface area (Å²) in [5, 5.41) is 0.893. The number of halogens is 1. The number of hydrogen-bond acceptors (Lipinski definition) is 2. The van der Waals surface area contributed by atoms with Crippen LogP contribution in [0.1, 0.15) is 17.5 Å². The van der Waals surface area contributed by atoms with Crippen molar-refractivity contribution >= 4 is 11.6 Å². The average molecular weight is 253 g/mol. The summed E-state index contributed by atoms with van der Waals surface area (Å²) < 4.78 is 0. The van der Waals surface area contributed by atoms with Crippen LogP contribution in [0.25, 0.3) is 0 Å². The van der Waals surface area contributed by atoms with Gasteiger partial charge < -0.3 is 4.90 Å². The molecule has 2 nitrogen and oxygen atoms in total. The van der Waals surface area contributed by atoms with Crippen LogP contribution in [0.15, 0.2) is 18.2 Å². The van der Waals surface area contributed by atoms with Crippen molar-refractivity contribution in [3.8, 4) is 0 Å². The van der Waals surface area contributed by atoms with E-state index in [9.17, 15) is 0 Å². The Morgan fingerprint density at radius 1 is 1.41 bits per heavy atom. The summed E-state index contributed by atoms with van der Waals surface area (Å²) in [6.45, 7) is 5.42. The van der Waals surface area contributed by atoms with Gasteiger partial charge in [0.05, 0.1) is 0 Å². The maximum Gasteiger partial charge on any atom is 0.0451 e. The van der Waals surface area contributed by atoms with Gasteiger partial charge in [-0.3, -0.25) is 4.90 Å². The Labute approximate surface area is 109 Å². The predicted molar refractivity (Wildman–Crippen MR) is 73.6 cm³/mol. The quantitative estimate of drug-likeness (QED) is 0.816. The molecule has 1 aliphatic heterocycles. The molecule has 0 saturated carbocycles. The van der Waals surface area contributed by atoms with Crippen LogP contribution in [0.5, 0.6) is 0 Å². The first kappa shape index (κ1) is 12.9. The number of nitrogens with zero attached hydrogens (tertiary/aromatic N) is 2. The lowest BCUT2D eigenvalue weighted by Gasteiger charge is -2.20. The highest BCUT2D eigenvalue weighted by Gasteiger charge is 2.24. The van der Waals surface area contributed by atoms with Crippen molar-refractivity contribution in [3.05, 3.63) is 34.3 Å². The number of hydrogen-bond donors (Lipinski definition) is 0. The molecule has 0 radical (unpaired) electrons. The van der Waals surface area contributed by atoms with Gasteiger partial charge in [-0.25, -0.2) is 0 Å². The largest absolute Gasteiger partial charge is 0.305 e. The Morgan fingerprint density at radius 3 is 2.82 bits per heavy atom. The standard InChI is InChI=1S/C14H21ClN2/c1-11-4-5-14(15)12(8-11)9-17-7-6-13(10-17)16(2)3/h4-5,8,13H,6-7,9-10H2,1-3H3. The third-order valence-corrected chi connectivity index (χ3v) is 3.94. The van der Waals surface area contributed by atoms with E-state index >= 15 is 0 Å². The third-order valence-electron chi connectivity index (χ3n) is 3.57. The smallest absolute Gasteiger partial charge is 0.0451 e. The second kappa shape index (κ2) is 5.38. The van der Waals surface area contributed by atoms with E-state index in [0.29, 0.717) is 6.04 Å². The Morgan fingerprint density at radius 2 is 2.18 bits per heavy atom. The van der Waals surface area contributed by atoms with Gasteiger partial charge in [-0.1, -0.05) is 29.3 Å². The number of rotatable bonds is 3. The maximum atomic E-state index is 6.24. The number of likely N-dealkylation sites (tertiary alicyclic amines) is 1. The Balaban J connectivity index is 2.00. The molecule has 0 bridgehead atoms. The Hall–Kier alpha value is -0.570. The van der Waals surface area contributed by atoms with Crippen LogP contribution < -0.4 is 0 Å². The summed E-state index contributed by atoms with van der Waals surface area (Å²) in [6, 6.07) is 6.97. The monoisotopic (exact) mass is 252 g/mol. The van der Waals surface area contributed by atoms with Gasteiger partial charge in [-0.2, -0.15) is 0 Å². The van der Waals surface area contributed by atoms with E-state index in [1.165, 1.54) is 24.1 Å². The molecule has 0 aliphatic carbocycles. The summed E-state index contributed by atoms with van der Waals surface area (Å²) in [5.74, 6) is 0. The summed E-state index contributed by atoms with van der Waals surface area (Å²) >= 11 is 6.24.